The number of hydrogen-bond donors (Lipinski definition) is 2. The number of sulfonamides is 1. The number of aliphatic hydroxyl groups is 1. The van der Waals surface area contributed by atoms with Gasteiger partial charge in [0.15, 0.2) is 5.58 Å². The van der Waals surface area contributed by atoms with Crippen LogP contribution < -0.4 is 10.5 Å². The molecule has 8 heteroatoms. The van der Waals surface area contributed by atoms with Crippen molar-refractivity contribution in [2.24, 2.45) is 13.0 Å². The van der Waals surface area contributed by atoms with E-state index < -0.39 is 21.8 Å². The van der Waals surface area contributed by atoms with Gasteiger partial charge in [-0.15, -0.1) is 0 Å². The highest BCUT2D eigenvalue weighted by atomic mass is 32.2. The number of nitrogens with zero attached hydrogens (tertiary/aromatic N) is 1. The Morgan fingerprint density at radius 3 is 2.67 bits per heavy atom. The minimum Gasteiger partial charge on any atom is -0.408 e. The van der Waals surface area contributed by atoms with Crippen molar-refractivity contribution in [3.63, 3.8) is 0 Å². The third-order valence-corrected chi connectivity index (χ3v) is 5.11. The lowest BCUT2D eigenvalue weighted by molar-refractivity contribution is 0.216. The number of nitrogens with one attached hydrogen (secondary N) is 1. The molecule has 0 saturated heterocycles. The molecule has 1 aromatic heterocycles. The number of aliphatic hydroxyl groups excluding tert-OH is 1. The lowest BCUT2D eigenvalue weighted by Crippen LogP contribution is -2.38. The van der Waals surface area contributed by atoms with Crippen LogP contribution >= 0.6 is 0 Å². The second-order valence-electron chi connectivity index (χ2n) is 5.13. The summed E-state index contributed by atoms with van der Waals surface area (Å²) in [6, 6.07) is 3.83. The summed E-state index contributed by atoms with van der Waals surface area (Å²) in [5.74, 6) is -0.757. The van der Waals surface area contributed by atoms with E-state index in [-0.39, 0.29) is 23.0 Å². The van der Waals surface area contributed by atoms with Crippen LogP contribution in [-0.4, -0.2) is 30.7 Å². The van der Waals surface area contributed by atoms with Crippen LogP contribution in [-0.2, 0) is 17.1 Å². The van der Waals surface area contributed by atoms with Crippen molar-refractivity contribution < 1.29 is 17.9 Å². The normalized spacial score (nSPS) is 15.2. The Bertz CT molecular complexity index is 806. The molecule has 2 rings (SSSR count). The highest BCUT2D eigenvalue weighted by Gasteiger charge is 2.22. The first-order valence-corrected chi connectivity index (χ1v) is 7.97. The summed E-state index contributed by atoms with van der Waals surface area (Å²) in [4.78, 5) is 11.4. The molecule has 2 unspecified atom stereocenters. The molecule has 2 aromatic rings. The second kappa shape index (κ2) is 5.63. The van der Waals surface area contributed by atoms with Crippen LogP contribution in [0.2, 0.25) is 0 Å². The van der Waals surface area contributed by atoms with E-state index >= 15 is 0 Å². The van der Waals surface area contributed by atoms with Gasteiger partial charge < -0.3 is 9.52 Å². The Morgan fingerprint density at radius 1 is 1.38 bits per heavy atom. The molecule has 21 heavy (non-hydrogen) atoms. The highest BCUT2D eigenvalue weighted by molar-refractivity contribution is 7.89. The molecule has 2 atom stereocenters. The van der Waals surface area contributed by atoms with Crippen LogP contribution in [0.3, 0.4) is 0 Å². The van der Waals surface area contributed by atoms with Gasteiger partial charge in [0.2, 0.25) is 10.0 Å². The van der Waals surface area contributed by atoms with E-state index in [4.69, 9.17) is 9.52 Å². The molecule has 0 aliphatic carbocycles. The maximum Gasteiger partial charge on any atom is 0.419 e. The van der Waals surface area contributed by atoms with E-state index in [1.807, 2.05) is 0 Å². The van der Waals surface area contributed by atoms with Crippen LogP contribution in [0.4, 0.5) is 0 Å². The van der Waals surface area contributed by atoms with Crippen LogP contribution in [0, 0.1) is 5.92 Å². The predicted octanol–water partition coefficient (Wildman–Crippen LogP) is 0.427. The lowest BCUT2D eigenvalue weighted by atomic mass is 10.1. The Hall–Kier alpha value is -1.64. The lowest BCUT2D eigenvalue weighted by Gasteiger charge is -2.19. The summed E-state index contributed by atoms with van der Waals surface area (Å²) in [6.45, 7) is 3.31. The smallest absolute Gasteiger partial charge is 0.408 e. The SMILES string of the molecule is CC(CO)C(C)NS(=O)(=O)c1ccc2c(c1)oc(=O)n2C. The summed E-state index contributed by atoms with van der Waals surface area (Å²) < 4.78 is 33.3. The Balaban J connectivity index is 2.38. The topological polar surface area (TPSA) is 102 Å². The highest BCUT2D eigenvalue weighted by Crippen LogP contribution is 2.18. The van der Waals surface area contributed by atoms with Gasteiger partial charge in [-0.05, 0) is 25.0 Å². The summed E-state index contributed by atoms with van der Waals surface area (Å²) in [7, 11) is -2.19. The summed E-state index contributed by atoms with van der Waals surface area (Å²) in [5, 5.41) is 9.06. The molecule has 116 valence electrons. The van der Waals surface area contributed by atoms with Crippen LogP contribution in [0.5, 0.6) is 0 Å². The molecule has 0 amide bonds. The van der Waals surface area contributed by atoms with Crippen LogP contribution in [0.25, 0.3) is 11.1 Å². The zero-order valence-electron chi connectivity index (χ0n) is 12.0. The third kappa shape index (κ3) is 3.02. The van der Waals surface area contributed by atoms with E-state index in [0.29, 0.717) is 5.52 Å². The van der Waals surface area contributed by atoms with E-state index in [9.17, 15) is 13.2 Å². The largest absolute Gasteiger partial charge is 0.419 e. The van der Waals surface area contributed by atoms with Crippen molar-refractivity contribution in [1.29, 1.82) is 0 Å². The first kappa shape index (κ1) is 15.7. The minimum absolute atomic E-state index is 0.0151. The number of aryl methyl sites for hydroxylation is 1. The Morgan fingerprint density at radius 2 is 2.05 bits per heavy atom. The maximum atomic E-state index is 12.3. The maximum absolute atomic E-state index is 12.3. The Labute approximate surface area is 122 Å². The van der Waals surface area contributed by atoms with Gasteiger partial charge in [0, 0.05) is 25.8 Å². The molecular weight excluding hydrogens is 296 g/mol. The van der Waals surface area contributed by atoms with Crippen molar-refractivity contribution in [1.82, 2.24) is 9.29 Å². The molecule has 0 bridgehead atoms. The van der Waals surface area contributed by atoms with Gasteiger partial charge in [-0.1, -0.05) is 6.92 Å². The monoisotopic (exact) mass is 314 g/mol. The van der Waals surface area contributed by atoms with E-state index in [1.165, 1.54) is 22.8 Å². The van der Waals surface area contributed by atoms with Crippen molar-refractivity contribution in [3.05, 3.63) is 28.7 Å². The third-order valence-electron chi connectivity index (χ3n) is 3.56. The first-order chi connectivity index (χ1) is 9.76. The zero-order valence-corrected chi connectivity index (χ0v) is 12.8. The number of hydrogen-bond acceptors (Lipinski definition) is 5. The molecule has 0 fully saturated rings. The van der Waals surface area contributed by atoms with Crippen molar-refractivity contribution in [2.45, 2.75) is 24.8 Å². The standard InChI is InChI=1S/C13H18N2O5S/c1-8(7-16)9(2)14-21(18,19)10-4-5-11-12(6-10)20-13(17)15(11)3/h4-6,8-9,14,16H,7H2,1-3H3. The van der Waals surface area contributed by atoms with Gasteiger partial charge in [0.1, 0.15) is 0 Å². The summed E-state index contributed by atoms with van der Waals surface area (Å²) >= 11 is 0. The molecule has 2 N–H and O–H groups in total. The average molecular weight is 314 g/mol. The summed E-state index contributed by atoms with van der Waals surface area (Å²) in [6.07, 6.45) is 0. The molecular formula is C13H18N2O5S. The predicted molar refractivity (Wildman–Crippen MR) is 77.5 cm³/mol. The zero-order chi connectivity index (χ0) is 15.8. The van der Waals surface area contributed by atoms with Gasteiger partial charge in [-0.25, -0.2) is 17.9 Å². The number of oxazole rings is 1. The van der Waals surface area contributed by atoms with Gasteiger partial charge in [-0.3, -0.25) is 4.57 Å². The molecule has 1 aromatic carbocycles. The van der Waals surface area contributed by atoms with E-state index in [0.717, 1.165) is 0 Å². The van der Waals surface area contributed by atoms with Crippen LogP contribution in [0.1, 0.15) is 13.8 Å². The number of rotatable bonds is 5. The van der Waals surface area contributed by atoms with Gasteiger partial charge in [0.25, 0.3) is 0 Å². The molecule has 1 heterocycles. The average Bonchev–Trinajstić information content (AvgIpc) is 2.72. The summed E-state index contributed by atoms with van der Waals surface area (Å²) in [5.41, 5.74) is 0.740. The van der Waals surface area contributed by atoms with E-state index in [2.05, 4.69) is 4.72 Å². The van der Waals surface area contributed by atoms with Crippen molar-refractivity contribution in [3.8, 4) is 0 Å². The molecule has 0 spiro atoms. The fraction of sp³-hybridized carbons (Fsp3) is 0.462. The quantitative estimate of drug-likeness (QED) is 0.833. The fourth-order valence-electron chi connectivity index (χ4n) is 1.87. The fourth-order valence-corrected chi connectivity index (χ4v) is 3.24. The minimum atomic E-state index is -3.74. The molecule has 7 nitrogen and oxygen atoms in total. The van der Waals surface area contributed by atoms with Gasteiger partial charge in [0.05, 0.1) is 10.4 Å². The number of benzene rings is 1. The van der Waals surface area contributed by atoms with Crippen molar-refractivity contribution >= 4 is 21.1 Å². The molecule has 0 aliphatic heterocycles. The number of aromatic nitrogens is 1. The van der Waals surface area contributed by atoms with Gasteiger partial charge in [-0.2, -0.15) is 0 Å². The van der Waals surface area contributed by atoms with Crippen molar-refractivity contribution in [2.75, 3.05) is 6.61 Å². The molecule has 0 radical (unpaired) electrons. The van der Waals surface area contributed by atoms with Gasteiger partial charge >= 0.3 is 5.76 Å². The van der Waals surface area contributed by atoms with E-state index in [1.54, 1.807) is 20.9 Å². The second-order valence-corrected chi connectivity index (χ2v) is 6.84. The molecule has 0 aliphatic rings. The Kier molecular flexibility index (Phi) is 4.22. The number of fused-ring (bicyclic) bond motifs is 1. The molecule has 0 saturated carbocycles. The first-order valence-electron chi connectivity index (χ1n) is 6.49. The van der Waals surface area contributed by atoms with Crippen LogP contribution in [0.15, 0.2) is 32.3 Å².